The Morgan fingerprint density at radius 3 is 0.946 bits per heavy atom. The minimum atomic E-state index is -0.121. The number of hydrogen-bond donors (Lipinski definition) is 2. The van der Waals surface area contributed by atoms with E-state index in [4.69, 9.17) is 9.97 Å². The second-order valence-electron chi connectivity index (χ2n) is 17.3. The van der Waals surface area contributed by atoms with Gasteiger partial charge in [-0.15, -0.1) is 0 Å². The molecule has 2 N–H and O–H groups in total. The Hall–Kier alpha value is -6.26. The van der Waals surface area contributed by atoms with Crippen molar-refractivity contribution in [3.63, 3.8) is 0 Å². The molecule has 3 aromatic heterocycles. The molecule has 9 rings (SSSR count). The standard InChI is InChI=1S/C52H48N4/c1-51(2,3)47-48(52(4,5)6)50-46(36-25-17-10-18-26-36)42-32-30-40(55-42)44(34-21-13-8-14-22-34)38-28-27-37(53-38)43(33-19-11-7-12-20-33)39-29-31-41(54-39)45(49(47)56-50)35-23-15-9-16-24-35/h7-32,47-48,54-55H,1-6H3/t47-,48-/m1/s1. The van der Waals surface area contributed by atoms with Gasteiger partial charge in [-0.2, -0.15) is 0 Å². The van der Waals surface area contributed by atoms with Crippen molar-refractivity contribution in [2.45, 2.75) is 53.4 Å². The molecule has 56 heavy (non-hydrogen) atoms. The number of nitrogens with zero attached hydrogens (tertiary/aromatic N) is 2. The molecular weight excluding hydrogens is 681 g/mol. The summed E-state index contributed by atoms with van der Waals surface area (Å²) >= 11 is 0. The Bertz CT molecular complexity index is 2550. The summed E-state index contributed by atoms with van der Waals surface area (Å²) in [5, 5.41) is 0. The van der Waals surface area contributed by atoms with Gasteiger partial charge in [0.1, 0.15) is 0 Å². The quantitative estimate of drug-likeness (QED) is 0.190. The van der Waals surface area contributed by atoms with E-state index in [1.165, 1.54) is 0 Å². The van der Waals surface area contributed by atoms with E-state index in [9.17, 15) is 0 Å². The lowest BCUT2D eigenvalue weighted by molar-refractivity contribution is 0.196. The second kappa shape index (κ2) is 13.8. The summed E-state index contributed by atoms with van der Waals surface area (Å²) in [5.74, 6) is 0.206. The maximum Gasteiger partial charge on any atom is 0.0737 e. The lowest BCUT2D eigenvalue weighted by atomic mass is 9.62. The van der Waals surface area contributed by atoms with Crippen molar-refractivity contribution in [3.05, 3.63) is 168 Å². The molecule has 4 heteroatoms. The van der Waals surface area contributed by atoms with Crippen molar-refractivity contribution in [2.24, 2.45) is 10.8 Å². The van der Waals surface area contributed by atoms with Crippen molar-refractivity contribution in [3.8, 4) is 44.5 Å². The zero-order chi connectivity index (χ0) is 38.6. The fraction of sp³-hybridized carbons (Fsp3) is 0.192. The number of nitrogens with one attached hydrogen (secondary N) is 2. The van der Waals surface area contributed by atoms with Crippen LogP contribution in [0.2, 0.25) is 0 Å². The molecular formula is C52H48N4. The number of H-pyrrole nitrogens is 2. The van der Waals surface area contributed by atoms with Crippen molar-refractivity contribution in [2.75, 3.05) is 0 Å². The Morgan fingerprint density at radius 1 is 0.357 bits per heavy atom. The van der Waals surface area contributed by atoms with Gasteiger partial charge in [-0.3, -0.25) is 4.98 Å². The third-order valence-electron chi connectivity index (χ3n) is 11.4. The second-order valence-corrected chi connectivity index (χ2v) is 17.3. The van der Waals surface area contributed by atoms with Crippen LogP contribution in [0.15, 0.2) is 146 Å². The normalized spacial score (nSPS) is 15.6. The van der Waals surface area contributed by atoms with E-state index in [1.54, 1.807) is 0 Å². The summed E-state index contributed by atoms with van der Waals surface area (Å²) in [4.78, 5) is 19.3. The minimum Gasteiger partial charge on any atom is -0.354 e. The molecule has 4 aromatic carbocycles. The van der Waals surface area contributed by atoms with Gasteiger partial charge in [0.15, 0.2) is 0 Å². The van der Waals surface area contributed by atoms with Gasteiger partial charge in [0.05, 0.1) is 22.8 Å². The van der Waals surface area contributed by atoms with Gasteiger partial charge in [-0.25, -0.2) is 4.98 Å². The molecule has 8 bridgehead atoms. The lowest BCUT2D eigenvalue weighted by Gasteiger charge is -2.40. The van der Waals surface area contributed by atoms with Gasteiger partial charge in [0.2, 0.25) is 0 Å². The van der Waals surface area contributed by atoms with Gasteiger partial charge in [0, 0.05) is 56.2 Å². The predicted molar refractivity (Wildman–Crippen MR) is 236 cm³/mol. The van der Waals surface area contributed by atoms with Crippen molar-refractivity contribution in [1.29, 1.82) is 0 Å². The molecule has 0 saturated heterocycles. The summed E-state index contributed by atoms with van der Waals surface area (Å²) in [6.45, 7) is 14.3. The van der Waals surface area contributed by atoms with Crippen LogP contribution in [0.25, 0.3) is 78.7 Å². The molecule has 276 valence electrons. The Kier molecular flexibility index (Phi) is 8.73. The molecule has 0 unspecified atom stereocenters. The van der Waals surface area contributed by atoms with Crippen LogP contribution in [0, 0.1) is 10.8 Å². The monoisotopic (exact) mass is 728 g/mol. The van der Waals surface area contributed by atoms with E-state index in [0.717, 1.165) is 89.4 Å². The highest BCUT2D eigenvalue weighted by Gasteiger charge is 2.48. The smallest absolute Gasteiger partial charge is 0.0737 e. The van der Waals surface area contributed by atoms with Gasteiger partial charge >= 0.3 is 0 Å². The lowest BCUT2D eigenvalue weighted by Crippen LogP contribution is -2.30. The van der Waals surface area contributed by atoms with E-state index in [1.807, 2.05) is 0 Å². The van der Waals surface area contributed by atoms with Crippen LogP contribution in [0.5, 0.6) is 0 Å². The van der Waals surface area contributed by atoms with E-state index < -0.39 is 0 Å². The van der Waals surface area contributed by atoms with Crippen LogP contribution in [0.3, 0.4) is 0 Å². The first-order valence-electron chi connectivity index (χ1n) is 19.8. The van der Waals surface area contributed by atoms with Gasteiger partial charge in [0.25, 0.3) is 0 Å². The molecule has 0 aliphatic carbocycles. The number of rotatable bonds is 4. The zero-order valence-electron chi connectivity index (χ0n) is 33.1. The van der Waals surface area contributed by atoms with Crippen LogP contribution in [0.1, 0.15) is 76.2 Å². The number of fused-ring (bicyclic) bond motifs is 8. The molecule has 4 nitrogen and oxygen atoms in total. The highest BCUT2D eigenvalue weighted by molar-refractivity contribution is 5.97. The fourth-order valence-electron chi connectivity index (χ4n) is 9.03. The molecule has 0 saturated carbocycles. The SMILES string of the molecule is CC(C)(C)[C@H]1c2nc(c(-c3ccccc3)c3ccc([nH]3)c(-c3ccccc3)c3nc(c(-c4ccccc4)c4ccc([nH]4)c2-c2ccccc2)C=C3)[C@@H]1C(C)(C)C. The highest BCUT2D eigenvalue weighted by Crippen LogP contribution is 2.58. The largest absolute Gasteiger partial charge is 0.354 e. The predicted octanol–water partition coefficient (Wildman–Crippen LogP) is 14.1. The van der Waals surface area contributed by atoms with Crippen LogP contribution in [-0.4, -0.2) is 19.9 Å². The zero-order valence-corrected chi connectivity index (χ0v) is 33.1. The topological polar surface area (TPSA) is 57.4 Å². The van der Waals surface area contributed by atoms with E-state index in [-0.39, 0.29) is 22.7 Å². The Balaban J connectivity index is 1.55. The average molecular weight is 729 g/mol. The molecule has 2 atom stereocenters. The number of benzene rings is 4. The third-order valence-corrected chi connectivity index (χ3v) is 11.4. The Morgan fingerprint density at radius 2 is 0.643 bits per heavy atom. The molecule has 0 spiro atoms. The molecule has 0 amide bonds. The highest BCUT2D eigenvalue weighted by atomic mass is 14.8. The molecule has 0 radical (unpaired) electrons. The Labute approximate surface area is 330 Å². The van der Waals surface area contributed by atoms with Crippen molar-refractivity contribution in [1.82, 2.24) is 19.9 Å². The van der Waals surface area contributed by atoms with E-state index in [0.29, 0.717) is 0 Å². The van der Waals surface area contributed by atoms with Crippen molar-refractivity contribution >= 4 is 34.2 Å². The van der Waals surface area contributed by atoms with Crippen LogP contribution in [-0.2, 0) is 0 Å². The maximum atomic E-state index is 5.96. The number of aromatic amines is 2. The van der Waals surface area contributed by atoms with Crippen LogP contribution in [0.4, 0.5) is 0 Å². The van der Waals surface area contributed by atoms with E-state index in [2.05, 4.69) is 209 Å². The van der Waals surface area contributed by atoms with E-state index >= 15 is 0 Å². The summed E-state index contributed by atoms with van der Waals surface area (Å²) in [5.41, 5.74) is 16.8. The number of hydrogen-bond acceptors (Lipinski definition) is 2. The summed E-state index contributed by atoms with van der Waals surface area (Å²) in [6.07, 6.45) is 4.33. The summed E-state index contributed by atoms with van der Waals surface area (Å²) in [7, 11) is 0. The minimum absolute atomic E-state index is 0.103. The first-order chi connectivity index (χ1) is 27.1. The molecule has 2 aliphatic rings. The van der Waals surface area contributed by atoms with Gasteiger partial charge in [-0.1, -0.05) is 163 Å². The first-order valence-corrected chi connectivity index (χ1v) is 19.8. The van der Waals surface area contributed by atoms with Gasteiger partial charge in [-0.05, 0) is 69.5 Å². The fourth-order valence-corrected chi connectivity index (χ4v) is 9.03. The molecule has 2 aliphatic heterocycles. The molecule has 0 fully saturated rings. The van der Waals surface area contributed by atoms with Gasteiger partial charge < -0.3 is 9.97 Å². The summed E-state index contributed by atoms with van der Waals surface area (Å²) in [6, 6.07) is 51.8. The maximum absolute atomic E-state index is 5.96. The number of aromatic nitrogens is 4. The average Bonchev–Trinajstić information content (AvgIpc) is 4.02. The van der Waals surface area contributed by atoms with Crippen LogP contribution < -0.4 is 0 Å². The summed E-state index contributed by atoms with van der Waals surface area (Å²) < 4.78 is 0. The van der Waals surface area contributed by atoms with Crippen molar-refractivity contribution < 1.29 is 0 Å². The first kappa shape index (κ1) is 35.4. The molecule has 7 aromatic rings. The van der Waals surface area contributed by atoms with Crippen LogP contribution >= 0.6 is 0 Å². The molecule has 5 heterocycles. The third kappa shape index (κ3) is 6.29.